The summed E-state index contributed by atoms with van der Waals surface area (Å²) in [5.74, 6) is 0.217. The molecule has 0 aliphatic rings. The minimum Gasteiger partial charge on any atom is -0.312 e. The van der Waals surface area contributed by atoms with E-state index in [1.165, 1.54) is 6.07 Å². The third-order valence-electron chi connectivity index (χ3n) is 3.76. The van der Waals surface area contributed by atoms with Gasteiger partial charge in [-0.1, -0.05) is 33.8 Å². The highest BCUT2D eigenvalue weighted by Crippen LogP contribution is 2.31. The molecule has 0 saturated carbocycles. The van der Waals surface area contributed by atoms with Crippen molar-refractivity contribution in [1.29, 1.82) is 0 Å². The summed E-state index contributed by atoms with van der Waals surface area (Å²) >= 11 is 0. The Kier molecular flexibility index (Phi) is 6.20. The van der Waals surface area contributed by atoms with Gasteiger partial charge >= 0.3 is 6.18 Å². The van der Waals surface area contributed by atoms with Gasteiger partial charge in [-0.25, -0.2) is 4.39 Å². The van der Waals surface area contributed by atoms with Gasteiger partial charge in [0.05, 0.1) is 5.56 Å². The second kappa shape index (κ2) is 7.25. The smallest absolute Gasteiger partial charge is 0.312 e. The minimum atomic E-state index is -4.65. The summed E-state index contributed by atoms with van der Waals surface area (Å²) in [5.41, 5.74) is -0.763. The van der Waals surface area contributed by atoms with Crippen molar-refractivity contribution in [1.82, 2.24) is 5.32 Å². The van der Waals surface area contributed by atoms with Crippen LogP contribution in [0, 0.1) is 23.6 Å². The third kappa shape index (κ3) is 5.30. The summed E-state index contributed by atoms with van der Waals surface area (Å²) in [4.78, 5) is 0. The Morgan fingerprint density at radius 3 is 2.10 bits per heavy atom. The van der Waals surface area contributed by atoms with Crippen LogP contribution < -0.4 is 5.32 Å². The normalized spacial score (nSPS) is 12.7. The molecule has 0 aromatic heterocycles. The van der Waals surface area contributed by atoms with E-state index in [0.29, 0.717) is 29.9 Å². The van der Waals surface area contributed by atoms with Gasteiger partial charge in [-0.05, 0) is 42.0 Å². The lowest BCUT2D eigenvalue weighted by Gasteiger charge is -2.25. The molecule has 1 aromatic rings. The number of rotatable bonds is 6. The first-order chi connectivity index (χ1) is 9.62. The predicted octanol–water partition coefficient (Wildman–Crippen LogP) is 4.86. The maximum absolute atomic E-state index is 13.2. The minimum absolute atomic E-state index is 0.305. The highest BCUT2D eigenvalue weighted by Gasteiger charge is 2.34. The molecular formula is C16H23F4N. The van der Waals surface area contributed by atoms with Crippen LogP contribution in [0.15, 0.2) is 18.2 Å². The first kappa shape index (κ1) is 18.0. The molecule has 1 N–H and O–H groups in total. The molecule has 0 bridgehead atoms. The van der Waals surface area contributed by atoms with Gasteiger partial charge in [-0.3, -0.25) is 0 Å². The van der Waals surface area contributed by atoms with Gasteiger partial charge in [-0.15, -0.1) is 0 Å². The molecule has 1 rings (SSSR count). The monoisotopic (exact) mass is 305 g/mol. The first-order valence-corrected chi connectivity index (χ1v) is 7.19. The van der Waals surface area contributed by atoms with Crippen molar-refractivity contribution in [3.63, 3.8) is 0 Å². The fraction of sp³-hybridized carbons (Fsp3) is 0.625. The van der Waals surface area contributed by atoms with Crippen LogP contribution in [0.5, 0.6) is 0 Å². The van der Waals surface area contributed by atoms with Gasteiger partial charge < -0.3 is 5.32 Å². The molecule has 0 amide bonds. The van der Waals surface area contributed by atoms with E-state index in [1.54, 1.807) is 0 Å². The van der Waals surface area contributed by atoms with Gasteiger partial charge in [-0.2, -0.15) is 13.2 Å². The Morgan fingerprint density at radius 2 is 1.62 bits per heavy atom. The SMILES string of the molecule is CC(C)C(CNCc1ccc(F)c(C(F)(F)F)c1)C(C)C. The summed E-state index contributed by atoms with van der Waals surface area (Å²) in [6.45, 7) is 9.56. The molecule has 0 unspecified atom stereocenters. The van der Waals surface area contributed by atoms with Crippen LogP contribution >= 0.6 is 0 Å². The number of halogens is 4. The van der Waals surface area contributed by atoms with Gasteiger partial charge in [0.1, 0.15) is 5.82 Å². The third-order valence-corrected chi connectivity index (χ3v) is 3.76. The number of hydrogen-bond donors (Lipinski definition) is 1. The molecule has 120 valence electrons. The molecule has 0 atom stereocenters. The van der Waals surface area contributed by atoms with Crippen molar-refractivity contribution in [2.24, 2.45) is 17.8 Å². The van der Waals surface area contributed by atoms with Gasteiger partial charge in [0.2, 0.25) is 0 Å². The van der Waals surface area contributed by atoms with E-state index in [0.717, 1.165) is 18.7 Å². The summed E-state index contributed by atoms with van der Waals surface area (Å²) in [7, 11) is 0. The van der Waals surface area contributed by atoms with Crippen LogP contribution in [0.2, 0.25) is 0 Å². The molecule has 0 spiro atoms. The first-order valence-electron chi connectivity index (χ1n) is 7.19. The second-order valence-electron chi connectivity index (χ2n) is 6.09. The van der Waals surface area contributed by atoms with Crippen LogP contribution in [0.25, 0.3) is 0 Å². The van der Waals surface area contributed by atoms with E-state index in [1.807, 2.05) is 0 Å². The van der Waals surface area contributed by atoms with E-state index in [4.69, 9.17) is 0 Å². The predicted molar refractivity (Wildman–Crippen MR) is 76.3 cm³/mol. The lowest BCUT2D eigenvalue weighted by molar-refractivity contribution is -0.140. The molecule has 0 aliphatic heterocycles. The van der Waals surface area contributed by atoms with E-state index in [-0.39, 0.29) is 0 Å². The molecule has 0 saturated heterocycles. The molecular weight excluding hydrogens is 282 g/mol. The van der Waals surface area contributed by atoms with Crippen LogP contribution in [0.3, 0.4) is 0 Å². The zero-order chi connectivity index (χ0) is 16.2. The Labute approximate surface area is 123 Å². The van der Waals surface area contributed by atoms with Crippen molar-refractivity contribution in [2.45, 2.75) is 40.4 Å². The van der Waals surface area contributed by atoms with Crippen molar-refractivity contribution in [3.05, 3.63) is 35.1 Å². The van der Waals surface area contributed by atoms with E-state index in [2.05, 4.69) is 33.0 Å². The van der Waals surface area contributed by atoms with E-state index in [9.17, 15) is 17.6 Å². The van der Waals surface area contributed by atoms with Crippen LogP contribution in [0.1, 0.15) is 38.8 Å². The van der Waals surface area contributed by atoms with Gasteiger partial charge in [0.15, 0.2) is 0 Å². The van der Waals surface area contributed by atoms with Gasteiger partial charge in [0, 0.05) is 6.54 Å². The van der Waals surface area contributed by atoms with Crippen LogP contribution in [-0.2, 0) is 12.7 Å². The van der Waals surface area contributed by atoms with E-state index >= 15 is 0 Å². The molecule has 5 heteroatoms. The maximum atomic E-state index is 13.2. The summed E-state index contributed by atoms with van der Waals surface area (Å²) in [5, 5.41) is 3.17. The quantitative estimate of drug-likeness (QED) is 0.740. The van der Waals surface area contributed by atoms with Crippen molar-refractivity contribution in [2.75, 3.05) is 6.54 Å². The molecule has 0 aliphatic carbocycles. The highest BCUT2D eigenvalue weighted by molar-refractivity contribution is 5.27. The Bertz CT molecular complexity index is 444. The highest BCUT2D eigenvalue weighted by atomic mass is 19.4. The molecule has 0 fully saturated rings. The number of benzene rings is 1. The Hall–Kier alpha value is -1.10. The molecule has 0 heterocycles. The maximum Gasteiger partial charge on any atom is 0.419 e. The lowest BCUT2D eigenvalue weighted by Crippen LogP contribution is -2.29. The van der Waals surface area contributed by atoms with E-state index < -0.39 is 17.6 Å². The lowest BCUT2D eigenvalue weighted by atomic mass is 9.85. The number of hydrogen-bond acceptors (Lipinski definition) is 1. The molecule has 21 heavy (non-hydrogen) atoms. The largest absolute Gasteiger partial charge is 0.419 e. The second-order valence-corrected chi connectivity index (χ2v) is 6.09. The fourth-order valence-corrected chi connectivity index (χ4v) is 2.52. The molecule has 0 radical (unpaired) electrons. The zero-order valence-electron chi connectivity index (χ0n) is 12.9. The average Bonchev–Trinajstić information content (AvgIpc) is 2.34. The average molecular weight is 305 g/mol. The Morgan fingerprint density at radius 1 is 1.05 bits per heavy atom. The van der Waals surface area contributed by atoms with Crippen LogP contribution in [-0.4, -0.2) is 6.54 Å². The zero-order valence-corrected chi connectivity index (χ0v) is 12.9. The number of alkyl halides is 3. The van der Waals surface area contributed by atoms with Crippen LogP contribution in [0.4, 0.5) is 17.6 Å². The molecule has 1 aromatic carbocycles. The Balaban J connectivity index is 2.68. The van der Waals surface area contributed by atoms with Crippen molar-refractivity contribution >= 4 is 0 Å². The summed E-state index contributed by atoms with van der Waals surface area (Å²) < 4.78 is 51.1. The molecule has 1 nitrogen and oxygen atoms in total. The standard InChI is InChI=1S/C16H23F4N/c1-10(2)13(11(3)4)9-21-8-12-5-6-15(17)14(7-12)16(18,19)20/h5-7,10-11,13,21H,8-9H2,1-4H3. The van der Waals surface area contributed by atoms with Crippen molar-refractivity contribution in [3.8, 4) is 0 Å². The summed E-state index contributed by atoms with van der Waals surface area (Å²) in [6.07, 6.45) is -4.65. The summed E-state index contributed by atoms with van der Waals surface area (Å²) in [6, 6.07) is 3.14. The number of nitrogens with one attached hydrogen (secondary N) is 1. The topological polar surface area (TPSA) is 12.0 Å². The fourth-order valence-electron chi connectivity index (χ4n) is 2.52. The van der Waals surface area contributed by atoms with Gasteiger partial charge in [0.25, 0.3) is 0 Å². The van der Waals surface area contributed by atoms with Crippen molar-refractivity contribution < 1.29 is 17.6 Å².